The van der Waals surface area contributed by atoms with Crippen LogP contribution in [-0.4, -0.2) is 64.9 Å². The van der Waals surface area contributed by atoms with Gasteiger partial charge in [0, 0.05) is 12.4 Å². The van der Waals surface area contributed by atoms with Crippen molar-refractivity contribution in [1.29, 1.82) is 0 Å². The number of methoxy groups -OCH3 is 4. The molecule has 8 nitrogen and oxygen atoms in total. The van der Waals surface area contributed by atoms with Gasteiger partial charge in [0.25, 0.3) is 5.12 Å². The maximum atomic E-state index is 13.1. The van der Waals surface area contributed by atoms with Gasteiger partial charge in [0.2, 0.25) is 15.6 Å². The average molecular weight is 451 g/mol. The lowest BCUT2D eigenvalue weighted by atomic mass is 10.1. The molecule has 10 heteroatoms. The van der Waals surface area contributed by atoms with Gasteiger partial charge in [0.05, 0.1) is 27.9 Å². The third-order valence-corrected chi connectivity index (χ3v) is 9.21. The number of benzene rings is 1. The highest BCUT2D eigenvalue weighted by Gasteiger charge is 2.51. The number of hydrogen-bond acceptors (Lipinski definition) is 9. The molecule has 166 valence electrons. The van der Waals surface area contributed by atoms with Crippen LogP contribution in [0.15, 0.2) is 12.1 Å². The maximum Gasteiger partial charge on any atom is 0.296 e. The summed E-state index contributed by atoms with van der Waals surface area (Å²) in [5.41, 5.74) is 0.868. The van der Waals surface area contributed by atoms with Crippen LogP contribution >= 0.6 is 11.8 Å². The van der Waals surface area contributed by atoms with Gasteiger partial charge < -0.3 is 28.8 Å². The second-order valence-electron chi connectivity index (χ2n) is 6.63. The molecular formula is C19H30O8S2. The van der Waals surface area contributed by atoms with Crippen LogP contribution in [0.25, 0.3) is 0 Å². The smallest absolute Gasteiger partial charge is 0.296 e. The molecule has 0 spiro atoms. The lowest BCUT2D eigenvalue weighted by Crippen LogP contribution is -2.49. The van der Waals surface area contributed by atoms with E-state index in [4.69, 9.17) is 23.7 Å². The van der Waals surface area contributed by atoms with Crippen molar-refractivity contribution in [3.05, 3.63) is 17.7 Å². The van der Waals surface area contributed by atoms with Gasteiger partial charge in [0.15, 0.2) is 11.5 Å². The van der Waals surface area contributed by atoms with Crippen LogP contribution in [0.2, 0.25) is 0 Å². The molecule has 0 amide bonds. The summed E-state index contributed by atoms with van der Waals surface area (Å²) in [6, 6.07) is 3.64. The number of aliphatic hydroxyl groups is 1. The lowest BCUT2D eigenvalue weighted by Gasteiger charge is -2.29. The molecule has 0 saturated carbocycles. The van der Waals surface area contributed by atoms with Crippen molar-refractivity contribution >= 4 is 21.6 Å². The summed E-state index contributed by atoms with van der Waals surface area (Å²) in [6.07, 6.45) is 1.58. The van der Waals surface area contributed by atoms with Crippen LogP contribution in [0.4, 0.5) is 0 Å². The van der Waals surface area contributed by atoms with Gasteiger partial charge in [-0.15, -0.1) is 11.8 Å². The van der Waals surface area contributed by atoms with Crippen molar-refractivity contribution in [3.63, 3.8) is 0 Å². The van der Waals surface area contributed by atoms with Crippen molar-refractivity contribution in [2.75, 3.05) is 41.7 Å². The molecule has 3 atom stereocenters. The minimum Gasteiger partial charge on any atom is -0.493 e. The zero-order valence-electron chi connectivity index (χ0n) is 17.5. The fourth-order valence-electron chi connectivity index (χ4n) is 3.22. The molecule has 3 unspecified atom stereocenters. The topological polar surface area (TPSA) is 101 Å². The predicted molar refractivity (Wildman–Crippen MR) is 111 cm³/mol. The number of rotatable bonds is 11. The van der Waals surface area contributed by atoms with E-state index in [1.165, 1.54) is 40.2 Å². The molecular weight excluding hydrogens is 420 g/mol. The molecule has 0 aromatic heterocycles. The van der Waals surface area contributed by atoms with Gasteiger partial charge in [-0.2, -0.15) is 0 Å². The Bertz CT molecular complexity index is 757. The van der Waals surface area contributed by atoms with Crippen LogP contribution < -0.4 is 14.2 Å². The van der Waals surface area contributed by atoms with E-state index in [0.29, 0.717) is 36.5 Å². The minimum atomic E-state index is -4.04. The summed E-state index contributed by atoms with van der Waals surface area (Å²) in [7, 11) is 1.89. The Morgan fingerprint density at radius 1 is 1.10 bits per heavy atom. The first-order valence-corrected chi connectivity index (χ1v) is 11.8. The third kappa shape index (κ3) is 4.93. The van der Waals surface area contributed by atoms with Gasteiger partial charge >= 0.3 is 0 Å². The van der Waals surface area contributed by atoms with Crippen molar-refractivity contribution in [3.8, 4) is 17.2 Å². The van der Waals surface area contributed by atoms with Gasteiger partial charge in [-0.1, -0.05) is 6.92 Å². The molecule has 1 aliphatic rings. The summed E-state index contributed by atoms with van der Waals surface area (Å²) in [6.45, 7) is 1.51. The van der Waals surface area contributed by atoms with Crippen LogP contribution in [0.3, 0.4) is 0 Å². The van der Waals surface area contributed by atoms with Crippen molar-refractivity contribution in [1.82, 2.24) is 0 Å². The molecule has 0 radical (unpaired) electrons. The summed E-state index contributed by atoms with van der Waals surface area (Å²) < 4.78 is 51.8. The van der Waals surface area contributed by atoms with E-state index in [2.05, 4.69) is 0 Å². The van der Waals surface area contributed by atoms with Crippen LogP contribution in [0.5, 0.6) is 17.2 Å². The lowest BCUT2D eigenvalue weighted by molar-refractivity contribution is -0.167. The van der Waals surface area contributed by atoms with Gasteiger partial charge in [-0.05, 0) is 37.0 Å². The van der Waals surface area contributed by atoms with E-state index in [-0.39, 0.29) is 11.9 Å². The molecule has 1 aliphatic heterocycles. The Balaban J connectivity index is 2.29. The Morgan fingerprint density at radius 2 is 1.72 bits per heavy atom. The van der Waals surface area contributed by atoms with E-state index < -0.39 is 26.1 Å². The van der Waals surface area contributed by atoms with Crippen molar-refractivity contribution in [2.45, 2.75) is 41.1 Å². The van der Waals surface area contributed by atoms with E-state index in [1.807, 2.05) is 19.1 Å². The van der Waals surface area contributed by atoms with E-state index >= 15 is 0 Å². The number of hydrogen-bond donors (Lipinski definition) is 1. The van der Waals surface area contributed by atoms with Gasteiger partial charge in [-0.25, -0.2) is 8.42 Å². The highest BCUT2D eigenvalue weighted by atomic mass is 32.3. The third-order valence-electron chi connectivity index (χ3n) is 4.69. The summed E-state index contributed by atoms with van der Waals surface area (Å²) in [5, 5.41) is 8.24. The molecule has 2 rings (SSSR count). The fourth-order valence-corrected chi connectivity index (χ4v) is 7.25. The first kappa shape index (κ1) is 24.1. The second kappa shape index (κ2) is 10.2. The molecule has 1 saturated heterocycles. The normalized spacial score (nSPS) is 21.6. The largest absolute Gasteiger partial charge is 0.493 e. The van der Waals surface area contributed by atoms with Crippen molar-refractivity contribution in [2.24, 2.45) is 0 Å². The monoisotopic (exact) mass is 450 g/mol. The summed E-state index contributed by atoms with van der Waals surface area (Å²) in [5.74, 6) is 1.50. The Morgan fingerprint density at radius 3 is 2.21 bits per heavy atom. The average Bonchev–Trinajstić information content (AvgIpc) is 3.22. The quantitative estimate of drug-likeness (QED) is 0.510. The van der Waals surface area contributed by atoms with Crippen LogP contribution in [-0.2, 0) is 19.3 Å². The van der Waals surface area contributed by atoms with E-state index in [0.717, 1.165) is 5.56 Å². The molecule has 1 fully saturated rings. The molecule has 0 aliphatic carbocycles. The molecule has 1 heterocycles. The molecule has 29 heavy (non-hydrogen) atoms. The summed E-state index contributed by atoms with van der Waals surface area (Å²) in [4.78, 5) is 0. The highest BCUT2D eigenvalue weighted by molar-refractivity contribution is 8.14. The molecule has 1 aromatic carbocycles. The standard InChI is InChI=1S/C19H30O8S2/c1-6-9-27-19(20,12-23-2)29(21,22)17-8-7-16(28-17)13-10-14(24-3)18(26-5)15(11-13)25-4/h10-11,16-17,20H,6-9,12H2,1-5H3. The van der Waals surface area contributed by atoms with E-state index in [9.17, 15) is 13.5 Å². The second-order valence-corrected chi connectivity index (χ2v) is 10.6. The Labute approximate surface area is 176 Å². The van der Waals surface area contributed by atoms with Gasteiger partial charge in [0.1, 0.15) is 11.2 Å². The van der Waals surface area contributed by atoms with Crippen molar-refractivity contribution < 1.29 is 37.2 Å². The van der Waals surface area contributed by atoms with Gasteiger partial charge in [-0.3, -0.25) is 0 Å². The fraction of sp³-hybridized carbons (Fsp3) is 0.684. The number of ether oxygens (including phenoxy) is 5. The van der Waals surface area contributed by atoms with Crippen LogP contribution in [0.1, 0.15) is 37.0 Å². The Kier molecular flexibility index (Phi) is 8.48. The molecule has 1 N–H and O–H groups in total. The first-order chi connectivity index (χ1) is 13.8. The molecule has 0 bridgehead atoms. The number of sulfone groups is 1. The summed E-state index contributed by atoms with van der Waals surface area (Å²) >= 11 is 1.27. The highest BCUT2D eigenvalue weighted by Crippen LogP contribution is 2.51. The zero-order chi connectivity index (χ0) is 21.7. The van der Waals surface area contributed by atoms with Crippen LogP contribution in [0, 0.1) is 0 Å². The minimum absolute atomic E-state index is 0.110. The maximum absolute atomic E-state index is 13.1. The SMILES string of the molecule is CCCOC(O)(COC)S(=O)(=O)C1CCC(c2cc(OC)c(OC)c(OC)c2)S1. The predicted octanol–water partition coefficient (Wildman–Crippen LogP) is 2.74. The first-order valence-electron chi connectivity index (χ1n) is 9.32. The molecule has 1 aromatic rings. The zero-order valence-corrected chi connectivity index (χ0v) is 19.1. The Hall–Kier alpha value is -1.20. The van der Waals surface area contributed by atoms with E-state index in [1.54, 1.807) is 0 Å². The number of thioether (sulfide) groups is 1.